The molecule has 5 aromatic carbocycles. The molecule has 0 atom stereocenters. The maximum Gasteiger partial charge on any atom is 0.131 e. The number of rotatable bonds is 8. The van der Waals surface area contributed by atoms with Gasteiger partial charge in [0, 0.05) is 39.4 Å². The first kappa shape index (κ1) is 25.5. The summed E-state index contributed by atoms with van der Waals surface area (Å²) in [4.78, 5) is 0. The van der Waals surface area contributed by atoms with Gasteiger partial charge >= 0.3 is 0 Å². The van der Waals surface area contributed by atoms with Crippen LogP contribution in [-0.2, 0) is 0 Å². The summed E-state index contributed by atoms with van der Waals surface area (Å²) >= 11 is 12.4. The average Bonchev–Trinajstić information content (AvgIpc) is 2.90. The van der Waals surface area contributed by atoms with E-state index < -0.39 is 0 Å². The van der Waals surface area contributed by atoms with E-state index in [4.69, 9.17) is 42.1 Å². The van der Waals surface area contributed by atoms with Crippen molar-refractivity contribution in [1.29, 1.82) is 0 Å². The number of hydrogen-bond acceptors (Lipinski definition) is 4. The minimum atomic E-state index is 0.626. The summed E-state index contributed by atoms with van der Waals surface area (Å²) in [5.41, 5.74) is 1.75. The zero-order chi connectivity index (χ0) is 26.5. The lowest BCUT2D eigenvalue weighted by atomic mass is 10.2. The Morgan fingerprint density at radius 2 is 0.684 bits per heavy atom. The van der Waals surface area contributed by atoms with Gasteiger partial charge in [0.25, 0.3) is 0 Å². The zero-order valence-corrected chi connectivity index (χ0v) is 22.3. The van der Waals surface area contributed by atoms with Crippen LogP contribution in [0.1, 0.15) is 11.1 Å². The lowest BCUT2D eigenvalue weighted by Crippen LogP contribution is -1.91. The molecule has 6 heteroatoms. The average molecular weight is 543 g/mol. The molecule has 0 amide bonds. The van der Waals surface area contributed by atoms with Crippen molar-refractivity contribution in [3.05, 3.63) is 130 Å². The standard InChI is InChI=1S/C32H24Cl2O4/c1-21-29(33)14-6-16-31(21)37-27-12-4-10-25(19-27)35-23-8-3-9-24(18-23)36-26-11-5-13-28(20-26)38-32-17-7-15-30(34)22(32)2/h3-20H,1-2H3. The number of ether oxygens (including phenoxy) is 4. The van der Waals surface area contributed by atoms with Crippen LogP contribution in [0.25, 0.3) is 0 Å². The first-order chi connectivity index (χ1) is 18.4. The molecule has 0 aliphatic rings. The van der Waals surface area contributed by atoms with E-state index in [0.29, 0.717) is 56.0 Å². The molecule has 0 spiro atoms. The van der Waals surface area contributed by atoms with Crippen molar-refractivity contribution in [3.63, 3.8) is 0 Å². The van der Waals surface area contributed by atoms with Gasteiger partial charge in [-0.2, -0.15) is 0 Å². The molecule has 5 aromatic rings. The Morgan fingerprint density at radius 3 is 1.03 bits per heavy atom. The van der Waals surface area contributed by atoms with Crippen LogP contribution in [0, 0.1) is 13.8 Å². The Hall–Kier alpha value is -4.12. The third kappa shape index (κ3) is 6.23. The minimum Gasteiger partial charge on any atom is -0.457 e. The van der Waals surface area contributed by atoms with Gasteiger partial charge in [-0.15, -0.1) is 0 Å². The molecule has 4 nitrogen and oxygen atoms in total. The molecule has 190 valence electrons. The fourth-order valence-electron chi connectivity index (χ4n) is 3.73. The summed E-state index contributed by atoms with van der Waals surface area (Å²) in [6.45, 7) is 3.84. The van der Waals surface area contributed by atoms with Gasteiger partial charge in [-0.25, -0.2) is 0 Å². The highest BCUT2D eigenvalue weighted by atomic mass is 35.5. The van der Waals surface area contributed by atoms with Crippen LogP contribution >= 0.6 is 23.2 Å². The van der Waals surface area contributed by atoms with E-state index in [9.17, 15) is 0 Å². The Bertz CT molecular complexity index is 1470. The molecule has 0 heterocycles. The van der Waals surface area contributed by atoms with Crippen molar-refractivity contribution in [2.24, 2.45) is 0 Å². The first-order valence-corrected chi connectivity index (χ1v) is 12.7. The van der Waals surface area contributed by atoms with Crippen molar-refractivity contribution in [2.75, 3.05) is 0 Å². The largest absolute Gasteiger partial charge is 0.457 e. The molecule has 0 saturated heterocycles. The topological polar surface area (TPSA) is 36.9 Å². The predicted octanol–water partition coefficient (Wildman–Crippen LogP) is 10.8. The van der Waals surface area contributed by atoms with Crippen LogP contribution in [-0.4, -0.2) is 0 Å². The lowest BCUT2D eigenvalue weighted by Gasteiger charge is -2.13. The number of hydrogen-bond donors (Lipinski definition) is 0. The van der Waals surface area contributed by atoms with E-state index in [0.717, 1.165) is 11.1 Å². The normalized spacial score (nSPS) is 10.6. The molecule has 0 bridgehead atoms. The maximum absolute atomic E-state index is 6.22. The van der Waals surface area contributed by atoms with Gasteiger partial charge in [0.1, 0.15) is 46.0 Å². The van der Waals surface area contributed by atoms with Crippen LogP contribution in [0.15, 0.2) is 109 Å². The molecule has 5 rings (SSSR count). The first-order valence-electron chi connectivity index (χ1n) is 12.0. The van der Waals surface area contributed by atoms with E-state index in [1.807, 2.05) is 123 Å². The van der Waals surface area contributed by atoms with Gasteiger partial charge < -0.3 is 18.9 Å². The van der Waals surface area contributed by atoms with Crippen molar-refractivity contribution < 1.29 is 18.9 Å². The quantitative estimate of drug-likeness (QED) is 0.195. The highest BCUT2D eigenvalue weighted by molar-refractivity contribution is 6.31. The lowest BCUT2D eigenvalue weighted by molar-refractivity contribution is 0.446. The van der Waals surface area contributed by atoms with Gasteiger partial charge in [0.2, 0.25) is 0 Å². The fourth-order valence-corrected chi connectivity index (χ4v) is 4.06. The van der Waals surface area contributed by atoms with Crippen molar-refractivity contribution in [2.45, 2.75) is 13.8 Å². The molecule has 0 aliphatic heterocycles. The van der Waals surface area contributed by atoms with Gasteiger partial charge in [-0.3, -0.25) is 0 Å². The monoisotopic (exact) mass is 542 g/mol. The molecule has 0 aromatic heterocycles. The van der Waals surface area contributed by atoms with Crippen LogP contribution in [0.4, 0.5) is 0 Å². The molecule has 0 N–H and O–H groups in total. The molecule has 38 heavy (non-hydrogen) atoms. The molecule has 0 unspecified atom stereocenters. The SMILES string of the molecule is Cc1c(Cl)cccc1Oc1cccc(Oc2cccc(Oc3cccc(Oc4cccc(Cl)c4C)c3)c2)c1. The van der Waals surface area contributed by atoms with Crippen molar-refractivity contribution in [3.8, 4) is 46.0 Å². The van der Waals surface area contributed by atoms with Gasteiger partial charge in [0.15, 0.2) is 0 Å². The summed E-state index contributed by atoms with van der Waals surface area (Å²) in [6.07, 6.45) is 0. The maximum atomic E-state index is 6.22. The van der Waals surface area contributed by atoms with Crippen molar-refractivity contribution >= 4 is 23.2 Å². The van der Waals surface area contributed by atoms with Crippen molar-refractivity contribution in [1.82, 2.24) is 0 Å². The Labute approximate surface area is 231 Å². The molecule has 0 fully saturated rings. The van der Waals surface area contributed by atoms with Gasteiger partial charge in [0.05, 0.1) is 0 Å². The van der Waals surface area contributed by atoms with E-state index in [-0.39, 0.29) is 0 Å². The zero-order valence-electron chi connectivity index (χ0n) is 20.8. The number of benzene rings is 5. The molecular weight excluding hydrogens is 519 g/mol. The summed E-state index contributed by atoms with van der Waals surface area (Å²) in [5.74, 6) is 5.20. The summed E-state index contributed by atoms with van der Waals surface area (Å²) in [5, 5.41) is 1.31. The van der Waals surface area contributed by atoms with E-state index in [1.165, 1.54) is 0 Å². The molecule has 0 radical (unpaired) electrons. The van der Waals surface area contributed by atoms with Gasteiger partial charge in [-0.05, 0) is 74.5 Å². The Kier molecular flexibility index (Phi) is 7.73. The minimum absolute atomic E-state index is 0.626. The third-order valence-corrected chi connectivity index (χ3v) is 6.60. The second-order valence-electron chi connectivity index (χ2n) is 8.56. The highest BCUT2D eigenvalue weighted by Gasteiger charge is 2.09. The van der Waals surface area contributed by atoms with Crippen LogP contribution < -0.4 is 18.9 Å². The second-order valence-corrected chi connectivity index (χ2v) is 9.37. The van der Waals surface area contributed by atoms with Gasteiger partial charge in [-0.1, -0.05) is 53.5 Å². The fraction of sp³-hybridized carbons (Fsp3) is 0.0625. The van der Waals surface area contributed by atoms with Crippen LogP contribution in [0.2, 0.25) is 10.0 Å². The second kappa shape index (κ2) is 11.5. The molecule has 0 aliphatic carbocycles. The van der Waals surface area contributed by atoms with Crippen LogP contribution in [0.5, 0.6) is 46.0 Å². The predicted molar refractivity (Wildman–Crippen MR) is 152 cm³/mol. The smallest absolute Gasteiger partial charge is 0.131 e. The number of halogens is 2. The van der Waals surface area contributed by atoms with Crippen LogP contribution in [0.3, 0.4) is 0 Å². The van der Waals surface area contributed by atoms with E-state index >= 15 is 0 Å². The van der Waals surface area contributed by atoms with E-state index in [2.05, 4.69) is 0 Å². The summed E-state index contributed by atoms with van der Waals surface area (Å²) in [6, 6.07) is 33.4. The third-order valence-electron chi connectivity index (χ3n) is 5.78. The summed E-state index contributed by atoms with van der Waals surface area (Å²) in [7, 11) is 0. The molecule has 0 saturated carbocycles. The Balaban J connectivity index is 1.28. The highest BCUT2D eigenvalue weighted by Crippen LogP contribution is 2.35. The Morgan fingerprint density at radius 1 is 0.395 bits per heavy atom. The van der Waals surface area contributed by atoms with E-state index in [1.54, 1.807) is 0 Å². The molecular formula is C32H24Cl2O4. The summed E-state index contributed by atoms with van der Waals surface area (Å²) < 4.78 is 24.2.